The number of nitrogens with zero attached hydrogens (tertiary/aromatic N) is 5. The number of hydrogen-bond acceptors (Lipinski definition) is 10. The largest absolute Gasteiger partial charge is 0.500 e. The lowest BCUT2D eigenvalue weighted by Crippen LogP contribution is -2.00. The molecule has 4 aromatic heterocycles. The number of pyridine rings is 4. The molecule has 0 aliphatic heterocycles. The van der Waals surface area contributed by atoms with Crippen LogP contribution in [0.4, 0.5) is 5.69 Å². The van der Waals surface area contributed by atoms with Crippen molar-refractivity contribution >= 4 is 5.69 Å². The Morgan fingerprint density at radius 3 is 1.84 bits per heavy atom. The average molecular weight is 495 g/mol. The maximum Gasteiger partial charge on any atom is 0.270 e. The van der Waals surface area contributed by atoms with Crippen LogP contribution >= 0.6 is 0 Å². The van der Waals surface area contributed by atoms with Crippen molar-refractivity contribution in [1.29, 1.82) is 0 Å². The molecule has 182 valence electrons. The van der Waals surface area contributed by atoms with Crippen LogP contribution in [0.25, 0.3) is 11.3 Å². The number of ether oxygens (including phenoxy) is 3. The lowest BCUT2D eigenvalue weighted by Gasteiger charge is -2.19. The number of aromatic hydroxyl groups is 1. The minimum atomic E-state index is -0.522. The van der Waals surface area contributed by atoms with Gasteiger partial charge in [-0.1, -0.05) is 12.1 Å². The van der Waals surface area contributed by atoms with Crippen molar-refractivity contribution in [3.05, 3.63) is 108 Å². The Morgan fingerprint density at radius 2 is 1.30 bits per heavy atom. The van der Waals surface area contributed by atoms with Crippen LogP contribution in [0.3, 0.4) is 0 Å². The van der Waals surface area contributed by atoms with E-state index in [4.69, 9.17) is 14.2 Å². The molecule has 1 N–H and O–H groups in total. The van der Waals surface area contributed by atoms with E-state index in [2.05, 4.69) is 19.9 Å². The molecule has 37 heavy (non-hydrogen) atoms. The predicted molar refractivity (Wildman–Crippen MR) is 131 cm³/mol. The van der Waals surface area contributed by atoms with Gasteiger partial charge in [0.25, 0.3) is 11.6 Å². The Kier molecular flexibility index (Phi) is 6.49. The highest BCUT2D eigenvalue weighted by Crippen LogP contribution is 2.51. The number of aromatic nitrogens is 4. The Labute approximate surface area is 209 Å². The van der Waals surface area contributed by atoms with Gasteiger partial charge in [-0.25, -0.2) is 4.98 Å². The summed E-state index contributed by atoms with van der Waals surface area (Å²) in [6, 6.07) is 15.7. The van der Waals surface area contributed by atoms with Crippen LogP contribution < -0.4 is 14.2 Å². The minimum absolute atomic E-state index is 0.0200. The fraction of sp³-hybridized carbons (Fsp3) is 0. The third-order valence-corrected chi connectivity index (χ3v) is 4.94. The number of hydrogen-bond donors (Lipinski definition) is 1. The number of nitro benzene ring substituents is 1. The molecule has 0 fully saturated rings. The van der Waals surface area contributed by atoms with Gasteiger partial charge in [-0.15, -0.1) is 0 Å². The highest BCUT2D eigenvalue weighted by molar-refractivity contribution is 5.76. The summed E-state index contributed by atoms with van der Waals surface area (Å²) in [6.07, 6.45) is 9.05. The Morgan fingerprint density at radius 1 is 0.730 bits per heavy atom. The summed E-state index contributed by atoms with van der Waals surface area (Å²) in [5, 5.41) is 22.7. The Bertz CT molecular complexity index is 1540. The molecule has 0 aliphatic rings. The van der Waals surface area contributed by atoms with Gasteiger partial charge in [-0.05, 0) is 36.4 Å². The van der Waals surface area contributed by atoms with E-state index in [1.165, 1.54) is 36.8 Å². The van der Waals surface area contributed by atoms with Gasteiger partial charge < -0.3 is 19.3 Å². The number of benzene rings is 1. The van der Waals surface area contributed by atoms with Crippen molar-refractivity contribution in [2.75, 3.05) is 0 Å². The standard InChI is InChI=1S/C26H17N5O6/c32-23-25(36-20-8-3-11-28-15-20)24(35-19-7-2-10-27-14-19)22(17-5-1-6-18(13-17)31(33)34)30-26(23)37-21-9-4-12-29-16-21/h1-16,32H. The van der Waals surface area contributed by atoms with Gasteiger partial charge in [0.15, 0.2) is 5.75 Å². The summed E-state index contributed by atoms with van der Waals surface area (Å²) in [4.78, 5) is 27.5. The minimum Gasteiger partial charge on any atom is -0.500 e. The first-order valence-corrected chi connectivity index (χ1v) is 10.8. The van der Waals surface area contributed by atoms with Gasteiger partial charge in [0, 0.05) is 36.3 Å². The predicted octanol–water partition coefficient (Wildman–Crippen LogP) is 5.92. The SMILES string of the molecule is O=[N+]([O-])c1cccc(-c2nc(Oc3cccnc3)c(O)c(Oc3cccnc3)c2Oc2cccnc2)c1. The summed E-state index contributed by atoms with van der Waals surface area (Å²) in [7, 11) is 0. The van der Waals surface area contributed by atoms with Gasteiger partial charge in [-0.2, -0.15) is 0 Å². The summed E-state index contributed by atoms with van der Waals surface area (Å²) in [6.45, 7) is 0. The molecule has 5 aromatic rings. The second kappa shape index (κ2) is 10.4. The van der Waals surface area contributed by atoms with Crippen LogP contribution in [-0.4, -0.2) is 30.0 Å². The highest BCUT2D eigenvalue weighted by atomic mass is 16.6. The summed E-state index contributed by atoms with van der Waals surface area (Å²) < 4.78 is 17.9. The summed E-state index contributed by atoms with van der Waals surface area (Å²) in [5.41, 5.74) is 0.271. The Balaban J connectivity index is 1.74. The van der Waals surface area contributed by atoms with Crippen molar-refractivity contribution in [3.8, 4) is 51.6 Å². The Hall–Kier alpha value is -5.58. The van der Waals surface area contributed by atoms with Crippen LogP contribution in [0.15, 0.2) is 97.8 Å². The lowest BCUT2D eigenvalue weighted by molar-refractivity contribution is -0.384. The number of non-ortho nitro benzene ring substituents is 1. The van der Waals surface area contributed by atoms with E-state index in [0.717, 1.165) is 0 Å². The van der Waals surface area contributed by atoms with E-state index in [-0.39, 0.29) is 34.5 Å². The topological polar surface area (TPSA) is 143 Å². The molecule has 0 unspecified atom stereocenters. The normalized spacial score (nSPS) is 10.5. The molecule has 0 radical (unpaired) electrons. The number of rotatable bonds is 8. The van der Waals surface area contributed by atoms with E-state index >= 15 is 0 Å². The zero-order chi connectivity index (χ0) is 25.6. The molecule has 0 atom stereocenters. The van der Waals surface area contributed by atoms with E-state index in [9.17, 15) is 15.2 Å². The molecular formula is C26H17N5O6. The van der Waals surface area contributed by atoms with Gasteiger partial charge >= 0.3 is 0 Å². The van der Waals surface area contributed by atoms with Crippen LogP contribution in [0, 0.1) is 10.1 Å². The molecule has 4 heterocycles. The maximum absolute atomic E-state index is 11.5. The fourth-order valence-electron chi connectivity index (χ4n) is 3.31. The molecular weight excluding hydrogens is 478 g/mol. The molecule has 1 aromatic carbocycles. The van der Waals surface area contributed by atoms with E-state index in [1.807, 2.05) is 0 Å². The molecule has 0 bridgehead atoms. The molecule has 11 heteroatoms. The highest BCUT2D eigenvalue weighted by Gasteiger charge is 2.27. The lowest BCUT2D eigenvalue weighted by atomic mass is 10.1. The van der Waals surface area contributed by atoms with E-state index in [0.29, 0.717) is 17.1 Å². The maximum atomic E-state index is 11.5. The molecule has 0 saturated heterocycles. The van der Waals surface area contributed by atoms with Gasteiger partial charge in [-0.3, -0.25) is 25.1 Å². The van der Waals surface area contributed by atoms with Gasteiger partial charge in [0.2, 0.25) is 11.5 Å². The molecule has 11 nitrogen and oxygen atoms in total. The van der Waals surface area contributed by atoms with Gasteiger partial charge in [0.1, 0.15) is 22.9 Å². The van der Waals surface area contributed by atoms with E-state index in [1.54, 1.807) is 61.1 Å². The average Bonchev–Trinajstić information content (AvgIpc) is 2.94. The third-order valence-electron chi connectivity index (χ3n) is 4.94. The fourth-order valence-corrected chi connectivity index (χ4v) is 3.31. The van der Waals surface area contributed by atoms with Crippen LogP contribution in [0.1, 0.15) is 0 Å². The smallest absolute Gasteiger partial charge is 0.270 e. The molecule has 0 aliphatic carbocycles. The monoisotopic (exact) mass is 495 g/mol. The second-order valence-corrected chi connectivity index (χ2v) is 7.45. The van der Waals surface area contributed by atoms with Crippen molar-refractivity contribution in [2.24, 2.45) is 0 Å². The van der Waals surface area contributed by atoms with Gasteiger partial charge in [0.05, 0.1) is 23.5 Å². The van der Waals surface area contributed by atoms with Crippen molar-refractivity contribution in [2.45, 2.75) is 0 Å². The van der Waals surface area contributed by atoms with Crippen molar-refractivity contribution in [3.63, 3.8) is 0 Å². The number of nitro groups is 1. The molecule has 0 saturated carbocycles. The molecule has 0 amide bonds. The zero-order valence-electron chi connectivity index (χ0n) is 19.0. The summed E-state index contributed by atoms with van der Waals surface area (Å²) in [5.74, 6) is 0.0293. The molecule has 0 spiro atoms. The van der Waals surface area contributed by atoms with Crippen LogP contribution in [0.2, 0.25) is 0 Å². The molecule has 5 rings (SSSR count). The summed E-state index contributed by atoms with van der Waals surface area (Å²) >= 11 is 0. The second-order valence-electron chi connectivity index (χ2n) is 7.45. The first kappa shape index (κ1) is 23.2. The van der Waals surface area contributed by atoms with Crippen molar-refractivity contribution in [1.82, 2.24) is 19.9 Å². The van der Waals surface area contributed by atoms with Crippen LogP contribution in [-0.2, 0) is 0 Å². The van der Waals surface area contributed by atoms with E-state index < -0.39 is 10.7 Å². The van der Waals surface area contributed by atoms with Crippen LogP contribution in [0.5, 0.6) is 40.4 Å². The zero-order valence-corrected chi connectivity index (χ0v) is 19.0. The van der Waals surface area contributed by atoms with Crippen molar-refractivity contribution < 1.29 is 24.2 Å². The quantitative estimate of drug-likeness (QED) is 0.203. The first-order valence-electron chi connectivity index (χ1n) is 10.8. The first-order chi connectivity index (χ1) is 18.1. The third kappa shape index (κ3) is 5.25.